The lowest BCUT2D eigenvalue weighted by molar-refractivity contribution is 0.108. The number of hydrogen-bond acceptors (Lipinski definition) is 2. The number of hydrogen-bond donors (Lipinski definition) is 2. The largest absolute Gasteiger partial charge is 0.376 e. The summed E-state index contributed by atoms with van der Waals surface area (Å²) in [5.41, 5.74) is 4.88. The van der Waals surface area contributed by atoms with E-state index < -0.39 is 6.03 Å². The topological polar surface area (TPSA) is 66.6 Å². The van der Waals surface area contributed by atoms with Gasteiger partial charge in [-0.05, 0) is 13.8 Å². The predicted molar refractivity (Wildman–Crippen MR) is 33.6 cm³/mol. The number of nitrogens with two attached hydrogens (primary N) is 1. The van der Waals surface area contributed by atoms with E-state index in [0.717, 1.165) is 4.90 Å². The van der Waals surface area contributed by atoms with Gasteiger partial charge in [-0.3, -0.25) is 4.90 Å². The average molecular weight is 132 g/mol. The molecule has 0 atom stereocenters. The molecule has 0 saturated heterocycles. The van der Waals surface area contributed by atoms with Crippen molar-refractivity contribution in [3.8, 4) is 0 Å². The zero-order chi connectivity index (χ0) is 7.44. The Kier molecular flexibility index (Phi) is 3.01. The number of urea groups is 1. The molecule has 0 aliphatic heterocycles. The minimum Gasteiger partial charge on any atom is -0.376 e. The second-order valence-corrected chi connectivity index (χ2v) is 2.04. The first-order chi connectivity index (χ1) is 4.09. The third-order valence-electron chi connectivity index (χ3n) is 1.06. The van der Waals surface area contributed by atoms with Crippen LogP contribution in [-0.4, -0.2) is 28.8 Å². The van der Waals surface area contributed by atoms with Gasteiger partial charge in [0.2, 0.25) is 0 Å². The second-order valence-electron chi connectivity index (χ2n) is 2.04. The molecule has 0 rings (SSSR count). The van der Waals surface area contributed by atoms with E-state index >= 15 is 0 Å². The number of nitrogens with zero attached hydrogens (tertiary/aromatic N) is 1. The molecule has 0 heterocycles. The lowest BCUT2D eigenvalue weighted by Crippen LogP contribution is -2.41. The van der Waals surface area contributed by atoms with Crippen LogP contribution in [0.4, 0.5) is 4.79 Å². The maximum atomic E-state index is 10.4. The number of amides is 2. The number of primary amides is 1. The minimum absolute atomic E-state index is 0.0347. The predicted octanol–water partition coefficient (Wildman–Crippen LogP) is -0.275. The lowest BCUT2D eigenvalue weighted by atomic mass is 10.4. The standard InChI is InChI=1S/C5H12N2O2/c1-4(2)7(3-8)5(6)9/h4,8H,3H2,1-2H3,(H2,6,9). The van der Waals surface area contributed by atoms with Crippen LogP contribution in [0.2, 0.25) is 0 Å². The van der Waals surface area contributed by atoms with E-state index in [1.54, 1.807) is 13.8 Å². The van der Waals surface area contributed by atoms with Crippen molar-refractivity contribution in [3.63, 3.8) is 0 Å². The highest BCUT2D eigenvalue weighted by atomic mass is 16.3. The highest BCUT2D eigenvalue weighted by Gasteiger charge is 2.10. The SMILES string of the molecule is CC(C)N(CO)C(N)=O. The van der Waals surface area contributed by atoms with E-state index in [0.29, 0.717) is 0 Å². The molecule has 0 bridgehead atoms. The van der Waals surface area contributed by atoms with Crippen LogP contribution in [0.25, 0.3) is 0 Å². The van der Waals surface area contributed by atoms with Crippen molar-refractivity contribution in [2.75, 3.05) is 6.73 Å². The molecular weight excluding hydrogens is 120 g/mol. The fourth-order valence-corrected chi connectivity index (χ4v) is 0.487. The van der Waals surface area contributed by atoms with Crippen molar-refractivity contribution in [2.45, 2.75) is 19.9 Å². The smallest absolute Gasteiger partial charge is 0.316 e. The van der Waals surface area contributed by atoms with Crippen LogP contribution in [-0.2, 0) is 0 Å². The Morgan fingerprint density at radius 1 is 1.78 bits per heavy atom. The zero-order valence-electron chi connectivity index (χ0n) is 5.66. The second kappa shape index (κ2) is 3.29. The molecule has 2 amide bonds. The van der Waals surface area contributed by atoms with Crippen LogP contribution in [0, 0.1) is 0 Å². The van der Waals surface area contributed by atoms with Crippen LogP contribution in [0.1, 0.15) is 13.8 Å². The van der Waals surface area contributed by atoms with E-state index in [1.165, 1.54) is 0 Å². The number of carbonyl (C=O) groups is 1. The first-order valence-electron chi connectivity index (χ1n) is 2.76. The first kappa shape index (κ1) is 8.23. The molecule has 54 valence electrons. The molecule has 9 heavy (non-hydrogen) atoms. The van der Waals surface area contributed by atoms with E-state index in [1.807, 2.05) is 0 Å². The summed E-state index contributed by atoms with van der Waals surface area (Å²) in [7, 11) is 0. The maximum Gasteiger partial charge on any atom is 0.316 e. The van der Waals surface area contributed by atoms with Gasteiger partial charge in [-0.1, -0.05) is 0 Å². The minimum atomic E-state index is -0.590. The van der Waals surface area contributed by atoms with Crippen LogP contribution in [0.15, 0.2) is 0 Å². The fourth-order valence-electron chi connectivity index (χ4n) is 0.487. The van der Waals surface area contributed by atoms with E-state index in [9.17, 15) is 4.79 Å². The first-order valence-corrected chi connectivity index (χ1v) is 2.76. The summed E-state index contributed by atoms with van der Waals surface area (Å²) in [5.74, 6) is 0. The van der Waals surface area contributed by atoms with Gasteiger partial charge in [0.15, 0.2) is 0 Å². The van der Waals surface area contributed by atoms with Gasteiger partial charge in [-0.15, -0.1) is 0 Å². The van der Waals surface area contributed by atoms with Gasteiger partial charge in [0.05, 0.1) is 0 Å². The van der Waals surface area contributed by atoms with Crippen molar-refractivity contribution < 1.29 is 9.90 Å². The Morgan fingerprint density at radius 2 is 2.22 bits per heavy atom. The highest BCUT2D eigenvalue weighted by molar-refractivity contribution is 5.72. The van der Waals surface area contributed by atoms with Gasteiger partial charge < -0.3 is 10.8 Å². The molecule has 0 saturated carbocycles. The molecule has 0 aromatic heterocycles. The number of aliphatic hydroxyl groups excluding tert-OH is 1. The van der Waals surface area contributed by atoms with Crippen molar-refractivity contribution in [1.29, 1.82) is 0 Å². The van der Waals surface area contributed by atoms with Crippen molar-refractivity contribution in [2.24, 2.45) is 5.73 Å². The Labute approximate surface area is 54.3 Å². The van der Waals surface area contributed by atoms with Gasteiger partial charge in [0, 0.05) is 6.04 Å². The van der Waals surface area contributed by atoms with Gasteiger partial charge >= 0.3 is 6.03 Å². The van der Waals surface area contributed by atoms with Crippen molar-refractivity contribution >= 4 is 6.03 Å². The molecule has 0 radical (unpaired) electrons. The van der Waals surface area contributed by atoms with Gasteiger partial charge in [0.1, 0.15) is 6.73 Å². The summed E-state index contributed by atoms with van der Waals surface area (Å²) in [5, 5.41) is 8.49. The van der Waals surface area contributed by atoms with Crippen LogP contribution >= 0.6 is 0 Å². The lowest BCUT2D eigenvalue weighted by Gasteiger charge is -2.20. The van der Waals surface area contributed by atoms with Crippen molar-refractivity contribution in [3.05, 3.63) is 0 Å². The normalized spacial score (nSPS) is 9.78. The van der Waals surface area contributed by atoms with Crippen LogP contribution in [0.5, 0.6) is 0 Å². The van der Waals surface area contributed by atoms with Crippen molar-refractivity contribution in [1.82, 2.24) is 4.90 Å². The maximum absolute atomic E-state index is 10.4. The van der Waals surface area contributed by atoms with Gasteiger partial charge in [-0.25, -0.2) is 4.79 Å². The summed E-state index contributed by atoms with van der Waals surface area (Å²) in [6, 6.07) is -0.625. The molecule has 0 aliphatic carbocycles. The summed E-state index contributed by atoms with van der Waals surface area (Å²) in [4.78, 5) is 11.5. The van der Waals surface area contributed by atoms with E-state index in [-0.39, 0.29) is 12.8 Å². The fraction of sp³-hybridized carbons (Fsp3) is 0.800. The number of carbonyl (C=O) groups excluding carboxylic acids is 1. The molecule has 0 aromatic rings. The van der Waals surface area contributed by atoms with Gasteiger partial charge in [0.25, 0.3) is 0 Å². The molecule has 0 aliphatic rings. The molecule has 4 heteroatoms. The third-order valence-corrected chi connectivity index (χ3v) is 1.06. The molecular formula is C5H12N2O2. The Morgan fingerprint density at radius 3 is 2.22 bits per heavy atom. The molecule has 0 spiro atoms. The summed E-state index contributed by atoms with van der Waals surface area (Å²) in [6.45, 7) is 3.24. The summed E-state index contributed by atoms with van der Waals surface area (Å²) >= 11 is 0. The third kappa shape index (κ3) is 2.32. The molecule has 0 fully saturated rings. The molecule has 0 aromatic carbocycles. The summed E-state index contributed by atoms with van der Waals surface area (Å²) < 4.78 is 0. The highest BCUT2D eigenvalue weighted by Crippen LogP contribution is 1.93. The van der Waals surface area contributed by atoms with E-state index in [4.69, 9.17) is 10.8 Å². The van der Waals surface area contributed by atoms with Crippen LogP contribution < -0.4 is 5.73 Å². The average Bonchev–Trinajstić information content (AvgIpc) is 1.64. The van der Waals surface area contributed by atoms with Gasteiger partial charge in [-0.2, -0.15) is 0 Å². The molecule has 3 N–H and O–H groups in total. The van der Waals surface area contributed by atoms with Crippen LogP contribution in [0.3, 0.4) is 0 Å². The quantitative estimate of drug-likeness (QED) is 0.508. The number of rotatable bonds is 2. The monoisotopic (exact) mass is 132 g/mol. The summed E-state index contributed by atoms with van der Waals surface area (Å²) in [6.07, 6.45) is 0. The Hall–Kier alpha value is -0.770. The Balaban J connectivity index is 3.83. The molecule has 0 unspecified atom stereocenters. The zero-order valence-corrected chi connectivity index (χ0v) is 5.66. The Bertz CT molecular complexity index is 103. The number of aliphatic hydroxyl groups is 1. The molecule has 4 nitrogen and oxygen atoms in total. The van der Waals surface area contributed by atoms with E-state index in [2.05, 4.69) is 0 Å².